The number of nitrogens with zero attached hydrogens (tertiary/aromatic N) is 3. The Labute approximate surface area is 211 Å². The second-order valence-electron chi connectivity index (χ2n) is 9.95. The Morgan fingerprint density at radius 3 is 1.64 bits per heavy atom. The molecule has 2 aliphatic rings. The van der Waals surface area contributed by atoms with Crippen molar-refractivity contribution in [3.63, 3.8) is 0 Å². The highest BCUT2D eigenvalue weighted by Crippen LogP contribution is 2.57. The average Bonchev–Trinajstić information content (AvgIpc) is 3.23. The lowest BCUT2D eigenvalue weighted by Gasteiger charge is -2.36. The highest BCUT2D eigenvalue weighted by molar-refractivity contribution is 5.91. The third-order valence-electron chi connectivity index (χ3n) is 7.94. The van der Waals surface area contributed by atoms with E-state index >= 15 is 0 Å². The van der Waals surface area contributed by atoms with E-state index in [0.717, 1.165) is 22.5 Å². The number of hydrogen-bond donors (Lipinski definition) is 0. The van der Waals surface area contributed by atoms with E-state index in [1.54, 1.807) is 0 Å². The minimum absolute atomic E-state index is 0.109. The van der Waals surface area contributed by atoms with Gasteiger partial charge < -0.3 is 0 Å². The lowest BCUT2D eigenvalue weighted by atomic mass is 9.68. The molecule has 0 saturated heterocycles. The summed E-state index contributed by atoms with van der Waals surface area (Å²) in [6.07, 6.45) is 6.30. The molecule has 3 nitrogen and oxygen atoms in total. The molecule has 7 rings (SSSR count). The van der Waals surface area contributed by atoms with Gasteiger partial charge in [-0.2, -0.15) is 0 Å². The standard InChI is InChI=1S/C33H27N3/c1-4-13-23(14-5-1)30-34-31(24-15-6-2-7-16-24)36-32(35-30)26-18-12-20-28-29(26)25-17-8-9-19-27(25)33(28)21-10-3-11-22-33/h1-2,4-9,12-20H,3,10-11,21-22H2. The molecule has 0 amide bonds. The van der Waals surface area contributed by atoms with Crippen LogP contribution in [0.3, 0.4) is 0 Å². The van der Waals surface area contributed by atoms with Gasteiger partial charge in [-0.15, -0.1) is 0 Å². The summed E-state index contributed by atoms with van der Waals surface area (Å²) in [7, 11) is 0. The first-order chi connectivity index (χ1) is 17.8. The van der Waals surface area contributed by atoms with Crippen LogP contribution in [0.15, 0.2) is 103 Å². The second-order valence-corrected chi connectivity index (χ2v) is 9.95. The fraction of sp³-hybridized carbons (Fsp3) is 0.182. The monoisotopic (exact) mass is 465 g/mol. The minimum atomic E-state index is 0.109. The van der Waals surface area contributed by atoms with Gasteiger partial charge in [0.2, 0.25) is 0 Å². The zero-order chi connectivity index (χ0) is 24.0. The first kappa shape index (κ1) is 21.2. The third kappa shape index (κ3) is 3.30. The third-order valence-corrected chi connectivity index (χ3v) is 7.94. The summed E-state index contributed by atoms with van der Waals surface area (Å²) in [6.45, 7) is 0. The largest absolute Gasteiger partial charge is 0.208 e. The molecule has 0 bridgehead atoms. The Morgan fingerprint density at radius 1 is 0.444 bits per heavy atom. The normalized spacial score (nSPS) is 15.4. The lowest BCUT2D eigenvalue weighted by Crippen LogP contribution is -2.27. The number of hydrogen-bond acceptors (Lipinski definition) is 3. The molecule has 2 aliphatic carbocycles. The molecule has 36 heavy (non-hydrogen) atoms. The summed E-state index contributed by atoms with van der Waals surface area (Å²) in [5.41, 5.74) is 8.77. The van der Waals surface area contributed by atoms with Gasteiger partial charge in [-0.1, -0.05) is 122 Å². The van der Waals surface area contributed by atoms with Crippen LogP contribution in [0, 0.1) is 0 Å². The van der Waals surface area contributed by atoms with Crippen molar-refractivity contribution in [1.29, 1.82) is 0 Å². The molecule has 174 valence electrons. The molecule has 1 spiro atoms. The average molecular weight is 466 g/mol. The highest BCUT2D eigenvalue weighted by Gasteiger charge is 2.44. The van der Waals surface area contributed by atoms with E-state index in [4.69, 9.17) is 15.0 Å². The van der Waals surface area contributed by atoms with Gasteiger partial charge in [-0.25, -0.2) is 15.0 Å². The van der Waals surface area contributed by atoms with Crippen LogP contribution in [0.5, 0.6) is 0 Å². The summed E-state index contributed by atoms with van der Waals surface area (Å²) in [5.74, 6) is 2.15. The maximum atomic E-state index is 5.06. The second kappa shape index (κ2) is 8.53. The van der Waals surface area contributed by atoms with E-state index in [1.165, 1.54) is 54.4 Å². The van der Waals surface area contributed by atoms with Crippen molar-refractivity contribution < 1.29 is 0 Å². The molecule has 0 aliphatic heterocycles. The van der Waals surface area contributed by atoms with Crippen LogP contribution in [-0.2, 0) is 5.41 Å². The topological polar surface area (TPSA) is 38.7 Å². The smallest absolute Gasteiger partial charge is 0.164 e. The molecule has 1 heterocycles. The van der Waals surface area contributed by atoms with E-state index in [2.05, 4.69) is 66.7 Å². The fourth-order valence-corrected chi connectivity index (χ4v) is 6.31. The number of rotatable bonds is 3. The summed E-state index contributed by atoms with van der Waals surface area (Å²) < 4.78 is 0. The fourth-order valence-electron chi connectivity index (χ4n) is 6.31. The zero-order valence-electron chi connectivity index (χ0n) is 20.2. The molecule has 1 saturated carbocycles. The summed E-state index contributed by atoms with van der Waals surface area (Å²) in [6, 6.07) is 36.2. The Hall–Kier alpha value is -4.11. The predicted molar refractivity (Wildman–Crippen MR) is 145 cm³/mol. The molecule has 0 radical (unpaired) electrons. The SMILES string of the molecule is c1ccc(-c2nc(-c3ccccc3)nc(-c3cccc4c3-c3ccccc3C43CCCCC3)n2)cc1. The van der Waals surface area contributed by atoms with Crippen LogP contribution in [0.1, 0.15) is 43.2 Å². The maximum Gasteiger partial charge on any atom is 0.164 e. The van der Waals surface area contributed by atoms with E-state index < -0.39 is 0 Å². The van der Waals surface area contributed by atoms with Gasteiger partial charge in [0.15, 0.2) is 17.5 Å². The van der Waals surface area contributed by atoms with Gasteiger partial charge in [0.25, 0.3) is 0 Å². The van der Waals surface area contributed by atoms with E-state index in [1.807, 2.05) is 36.4 Å². The van der Waals surface area contributed by atoms with Crippen LogP contribution in [0.2, 0.25) is 0 Å². The molecule has 5 aromatic rings. The maximum absolute atomic E-state index is 5.06. The van der Waals surface area contributed by atoms with Gasteiger partial charge in [0, 0.05) is 22.1 Å². The van der Waals surface area contributed by atoms with Crippen LogP contribution >= 0.6 is 0 Å². The van der Waals surface area contributed by atoms with Crippen molar-refractivity contribution in [1.82, 2.24) is 15.0 Å². The van der Waals surface area contributed by atoms with Crippen molar-refractivity contribution in [2.24, 2.45) is 0 Å². The van der Waals surface area contributed by atoms with E-state index in [-0.39, 0.29) is 5.41 Å². The van der Waals surface area contributed by atoms with E-state index in [9.17, 15) is 0 Å². The quantitative estimate of drug-likeness (QED) is 0.270. The van der Waals surface area contributed by atoms with Crippen molar-refractivity contribution in [2.75, 3.05) is 0 Å². The number of fused-ring (bicyclic) bond motifs is 5. The van der Waals surface area contributed by atoms with Crippen LogP contribution in [0.4, 0.5) is 0 Å². The zero-order valence-corrected chi connectivity index (χ0v) is 20.2. The Bertz CT molecular complexity index is 1490. The number of benzene rings is 4. The van der Waals surface area contributed by atoms with Crippen molar-refractivity contribution in [2.45, 2.75) is 37.5 Å². The molecular formula is C33H27N3. The molecule has 1 fully saturated rings. The van der Waals surface area contributed by atoms with Crippen molar-refractivity contribution in [3.8, 4) is 45.3 Å². The summed E-state index contributed by atoms with van der Waals surface area (Å²) >= 11 is 0. The van der Waals surface area contributed by atoms with Gasteiger partial charge in [0.1, 0.15) is 0 Å². The molecule has 0 unspecified atom stereocenters. The Balaban J connectivity index is 1.49. The molecule has 3 heteroatoms. The predicted octanol–water partition coefficient (Wildman–Crippen LogP) is 8.10. The molecule has 0 atom stereocenters. The van der Waals surface area contributed by atoms with Gasteiger partial charge in [-0.05, 0) is 35.1 Å². The Kier molecular flexibility index (Phi) is 5.02. The molecular weight excluding hydrogens is 438 g/mol. The van der Waals surface area contributed by atoms with Gasteiger partial charge >= 0.3 is 0 Å². The van der Waals surface area contributed by atoms with Gasteiger partial charge in [0.05, 0.1) is 0 Å². The summed E-state index contributed by atoms with van der Waals surface area (Å²) in [4.78, 5) is 15.0. The molecule has 1 aromatic heterocycles. The van der Waals surface area contributed by atoms with Crippen LogP contribution in [-0.4, -0.2) is 15.0 Å². The van der Waals surface area contributed by atoms with Crippen LogP contribution in [0.25, 0.3) is 45.3 Å². The molecule has 4 aromatic carbocycles. The van der Waals surface area contributed by atoms with Crippen molar-refractivity contribution in [3.05, 3.63) is 114 Å². The Morgan fingerprint density at radius 2 is 0.972 bits per heavy atom. The van der Waals surface area contributed by atoms with Gasteiger partial charge in [-0.3, -0.25) is 0 Å². The minimum Gasteiger partial charge on any atom is -0.208 e. The first-order valence-corrected chi connectivity index (χ1v) is 12.9. The highest BCUT2D eigenvalue weighted by atomic mass is 15.0. The number of aromatic nitrogens is 3. The summed E-state index contributed by atoms with van der Waals surface area (Å²) in [5, 5.41) is 0. The van der Waals surface area contributed by atoms with Crippen LogP contribution < -0.4 is 0 Å². The van der Waals surface area contributed by atoms with E-state index in [0.29, 0.717) is 11.6 Å². The lowest BCUT2D eigenvalue weighted by molar-refractivity contribution is 0.353. The van der Waals surface area contributed by atoms with Crippen molar-refractivity contribution >= 4 is 0 Å². The first-order valence-electron chi connectivity index (χ1n) is 12.9. The molecule has 0 N–H and O–H groups in total.